The van der Waals surface area contributed by atoms with Gasteiger partial charge in [-0.1, -0.05) is 39.1 Å². The van der Waals surface area contributed by atoms with Gasteiger partial charge in [0.05, 0.1) is 11.4 Å². The Kier molecular flexibility index (Phi) is 5.43. The smallest absolute Gasteiger partial charge is 0.142 e. The number of aryl methyl sites for hydroxylation is 1. The molecule has 4 heterocycles. The molecule has 6 heteroatoms. The van der Waals surface area contributed by atoms with Crippen LogP contribution in [0.25, 0.3) is 23.2 Å². The first-order valence-electron chi connectivity index (χ1n) is 13.8. The van der Waals surface area contributed by atoms with E-state index in [1.807, 2.05) is 12.1 Å². The highest BCUT2D eigenvalue weighted by molar-refractivity contribution is 7.80. The topological polar surface area (TPSA) is 38.0 Å². The Balaban J connectivity index is 1.27. The largest absolute Gasteiger partial charge is 0.341 e. The third kappa shape index (κ3) is 3.80. The van der Waals surface area contributed by atoms with E-state index in [-0.39, 0.29) is 0 Å². The summed E-state index contributed by atoms with van der Waals surface area (Å²) >= 11 is 4.56. The molecule has 0 saturated carbocycles. The summed E-state index contributed by atoms with van der Waals surface area (Å²) in [5, 5.41) is 3.65. The van der Waals surface area contributed by atoms with Gasteiger partial charge in [0.2, 0.25) is 0 Å². The minimum absolute atomic E-state index is 0.355. The standard InChI is InChI=1S/C33H35N5S/c1-6-26-32-35-27-11-10-24(39)16-22(27)12-13-38(32)31(34-26)25-8-7-9-28(20(25)2)36-14-15-37-29(21(36)3)17-23-18-33(4,5)19-30(23)37/h6-11,16-17,35,39H,1,3,12-15,18-19H2,2,4-5H3. The lowest BCUT2D eigenvalue weighted by molar-refractivity contribution is 0.384. The number of nitrogens with zero attached hydrogens (tertiary/aromatic N) is 4. The van der Waals surface area contributed by atoms with E-state index in [2.05, 4.69) is 102 Å². The molecule has 0 unspecified atom stereocenters. The second-order valence-corrected chi connectivity index (χ2v) is 12.5. The number of fused-ring (bicyclic) bond motifs is 5. The highest BCUT2D eigenvalue weighted by atomic mass is 32.1. The van der Waals surface area contributed by atoms with E-state index in [9.17, 15) is 0 Å². The molecule has 7 rings (SSSR count). The van der Waals surface area contributed by atoms with E-state index >= 15 is 0 Å². The van der Waals surface area contributed by atoms with Crippen LogP contribution < -0.4 is 10.2 Å². The molecule has 0 bridgehead atoms. The normalized spacial score (nSPS) is 17.1. The molecule has 0 amide bonds. The van der Waals surface area contributed by atoms with Crippen LogP contribution in [0.4, 0.5) is 17.2 Å². The first-order chi connectivity index (χ1) is 18.7. The molecule has 0 fully saturated rings. The van der Waals surface area contributed by atoms with Crippen molar-refractivity contribution >= 4 is 41.6 Å². The first kappa shape index (κ1) is 24.4. The summed E-state index contributed by atoms with van der Waals surface area (Å²) in [6.07, 6.45) is 5.05. The van der Waals surface area contributed by atoms with Crippen molar-refractivity contribution in [2.24, 2.45) is 5.41 Å². The molecule has 2 aliphatic heterocycles. The van der Waals surface area contributed by atoms with Crippen LogP contribution in [0.1, 0.15) is 47.6 Å². The Morgan fingerprint density at radius 3 is 2.69 bits per heavy atom. The van der Waals surface area contributed by atoms with Gasteiger partial charge in [-0.25, -0.2) is 4.98 Å². The number of anilines is 3. The van der Waals surface area contributed by atoms with Crippen LogP contribution in [-0.4, -0.2) is 20.7 Å². The molecule has 1 N–H and O–H groups in total. The summed E-state index contributed by atoms with van der Waals surface area (Å²) in [5.41, 5.74) is 12.5. The van der Waals surface area contributed by atoms with Gasteiger partial charge in [-0.3, -0.25) is 0 Å². The lowest BCUT2D eigenvalue weighted by atomic mass is 9.90. The summed E-state index contributed by atoms with van der Waals surface area (Å²) in [6.45, 7) is 18.4. The van der Waals surface area contributed by atoms with Crippen molar-refractivity contribution in [3.63, 3.8) is 0 Å². The Hall–Kier alpha value is -3.64. The lowest BCUT2D eigenvalue weighted by Gasteiger charge is -2.35. The molecular weight excluding hydrogens is 498 g/mol. The van der Waals surface area contributed by atoms with Gasteiger partial charge >= 0.3 is 0 Å². The van der Waals surface area contributed by atoms with E-state index in [1.165, 1.54) is 33.8 Å². The summed E-state index contributed by atoms with van der Waals surface area (Å²) < 4.78 is 4.83. The fourth-order valence-corrected chi connectivity index (χ4v) is 7.10. The Morgan fingerprint density at radius 2 is 1.87 bits per heavy atom. The maximum Gasteiger partial charge on any atom is 0.142 e. The molecule has 2 aromatic heterocycles. The molecule has 2 aromatic carbocycles. The van der Waals surface area contributed by atoms with Crippen molar-refractivity contribution < 1.29 is 0 Å². The van der Waals surface area contributed by atoms with E-state index in [0.29, 0.717) is 5.41 Å². The van der Waals surface area contributed by atoms with Crippen molar-refractivity contribution in [1.82, 2.24) is 14.1 Å². The summed E-state index contributed by atoms with van der Waals surface area (Å²) in [7, 11) is 0. The maximum atomic E-state index is 5.08. The highest BCUT2D eigenvalue weighted by Crippen LogP contribution is 2.43. The lowest BCUT2D eigenvalue weighted by Crippen LogP contribution is -2.33. The maximum absolute atomic E-state index is 5.08. The summed E-state index contributed by atoms with van der Waals surface area (Å²) in [5.74, 6) is 1.96. The number of benzene rings is 2. The second kappa shape index (κ2) is 8.68. The zero-order chi connectivity index (χ0) is 27.1. The molecule has 1 aliphatic carbocycles. The summed E-state index contributed by atoms with van der Waals surface area (Å²) in [6, 6.07) is 15.2. The van der Waals surface area contributed by atoms with Crippen molar-refractivity contribution in [3.8, 4) is 11.4 Å². The van der Waals surface area contributed by atoms with Gasteiger partial charge in [-0.15, -0.1) is 12.6 Å². The SMILES string of the molecule is C=Cc1nc(-c2cccc(N3CCn4c(cc5c4CC(C)(C)C5)C3=C)c2C)n2c1Nc1ccc(S)cc1CC2. The first-order valence-corrected chi connectivity index (χ1v) is 14.3. The number of rotatable bonds is 3. The van der Waals surface area contributed by atoms with Crippen molar-refractivity contribution in [2.45, 2.75) is 58.0 Å². The monoisotopic (exact) mass is 533 g/mol. The number of hydrogen-bond donors (Lipinski definition) is 2. The van der Waals surface area contributed by atoms with Crippen LogP contribution in [0.5, 0.6) is 0 Å². The van der Waals surface area contributed by atoms with Gasteiger partial charge in [-0.2, -0.15) is 0 Å². The molecule has 198 valence electrons. The number of imidazole rings is 1. The minimum Gasteiger partial charge on any atom is -0.341 e. The van der Waals surface area contributed by atoms with Gasteiger partial charge in [0.1, 0.15) is 17.3 Å². The van der Waals surface area contributed by atoms with Crippen LogP contribution >= 0.6 is 12.6 Å². The number of aromatic nitrogens is 3. The molecule has 39 heavy (non-hydrogen) atoms. The summed E-state index contributed by atoms with van der Waals surface area (Å²) in [4.78, 5) is 8.47. The van der Waals surface area contributed by atoms with Gasteiger partial charge in [0.15, 0.2) is 0 Å². The van der Waals surface area contributed by atoms with E-state index in [1.54, 1.807) is 0 Å². The molecule has 0 radical (unpaired) electrons. The van der Waals surface area contributed by atoms with Crippen LogP contribution in [0.15, 0.2) is 60.5 Å². The van der Waals surface area contributed by atoms with E-state index < -0.39 is 0 Å². The Morgan fingerprint density at radius 1 is 1.03 bits per heavy atom. The van der Waals surface area contributed by atoms with Crippen molar-refractivity contribution in [3.05, 3.63) is 89.4 Å². The second-order valence-electron chi connectivity index (χ2n) is 12.0. The molecule has 0 spiro atoms. The van der Waals surface area contributed by atoms with Crippen LogP contribution in [-0.2, 0) is 32.4 Å². The molecular formula is C33H35N5S. The third-order valence-electron chi connectivity index (χ3n) is 8.75. The van der Waals surface area contributed by atoms with Crippen molar-refractivity contribution in [2.75, 3.05) is 16.8 Å². The van der Waals surface area contributed by atoms with Gasteiger partial charge in [0.25, 0.3) is 0 Å². The predicted octanol–water partition coefficient (Wildman–Crippen LogP) is 7.51. The zero-order valence-electron chi connectivity index (χ0n) is 23.0. The fraction of sp³-hybridized carbons (Fsp3) is 0.303. The molecule has 0 atom stereocenters. The number of hydrogen-bond acceptors (Lipinski definition) is 4. The Bertz CT molecular complexity index is 1680. The quantitative estimate of drug-likeness (QED) is 0.268. The predicted molar refractivity (Wildman–Crippen MR) is 165 cm³/mol. The average molecular weight is 534 g/mol. The number of nitrogens with one attached hydrogen (secondary N) is 1. The van der Waals surface area contributed by atoms with Gasteiger partial charge in [0, 0.05) is 47.2 Å². The van der Waals surface area contributed by atoms with Gasteiger partial charge < -0.3 is 19.4 Å². The van der Waals surface area contributed by atoms with E-state index in [0.717, 1.165) is 78.1 Å². The molecule has 5 nitrogen and oxygen atoms in total. The fourth-order valence-electron chi connectivity index (χ4n) is 6.87. The zero-order valence-corrected chi connectivity index (χ0v) is 23.9. The average Bonchev–Trinajstić information content (AvgIpc) is 3.47. The molecule has 0 saturated heterocycles. The highest BCUT2D eigenvalue weighted by Gasteiger charge is 2.35. The van der Waals surface area contributed by atoms with E-state index in [4.69, 9.17) is 4.98 Å². The third-order valence-corrected chi connectivity index (χ3v) is 9.03. The van der Waals surface area contributed by atoms with Gasteiger partial charge in [-0.05, 0) is 84.7 Å². The molecule has 3 aliphatic rings. The molecule has 4 aromatic rings. The van der Waals surface area contributed by atoms with Crippen molar-refractivity contribution in [1.29, 1.82) is 0 Å². The van der Waals surface area contributed by atoms with Crippen LogP contribution in [0.3, 0.4) is 0 Å². The van der Waals surface area contributed by atoms with Crippen LogP contribution in [0, 0.1) is 12.3 Å². The Labute approximate surface area is 236 Å². The minimum atomic E-state index is 0.355. The van der Waals surface area contributed by atoms with Crippen LogP contribution in [0.2, 0.25) is 0 Å². The number of thiol groups is 1.